The summed E-state index contributed by atoms with van der Waals surface area (Å²) in [6, 6.07) is 0.701. The van der Waals surface area contributed by atoms with Gasteiger partial charge in [-0.25, -0.2) is 0 Å². The monoisotopic (exact) mass is 225 g/mol. The normalized spacial score (nSPS) is 30.2. The molecule has 1 aliphatic carbocycles. The molecule has 94 valence electrons. The highest BCUT2D eigenvalue weighted by Gasteiger charge is 2.24. The molecule has 0 aromatic carbocycles. The Kier molecular flexibility index (Phi) is 6.74. The molecule has 1 saturated carbocycles. The van der Waals surface area contributed by atoms with Crippen molar-refractivity contribution in [1.29, 1.82) is 0 Å². The maximum atomic E-state index is 5.49. The molecule has 2 heteroatoms. The summed E-state index contributed by atoms with van der Waals surface area (Å²) < 4.78 is 5.49. The van der Waals surface area contributed by atoms with E-state index in [2.05, 4.69) is 25.7 Å². The van der Waals surface area contributed by atoms with Crippen LogP contribution in [0, 0.1) is 11.8 Å². The van der Waals surface area contributed by atoms with Crippen LogP contribution in [0.2, 0.25) is 0 Å². The minimum absolute atomic E-state index is 0.701. The van der Waals surface area contributed by atoms with E-state index in [1.165, 1.54) is 19.3 Å². The summed E-state index contributed by atoms with van der Waals surface area (Å²) >= 11 is 0. The van der Waals surface area contributed by atoms with Crippen LogP contribution in [0.5, 0.6) is 0 Å². The van der Waals surface area contributed by atoms with Crippen LogP contribution in [0.1, 0.15) is 39.5 Å². The molecule has 3 atom stereocenters. The first-order valence-electron chi connectivity index (χ1n) is 6.66. The third-order valence-electron chi connectivity index (χ3n) is 3.58. The third kappa shape index (κ3) is 5.13. The third-order valence-corrected chi connectivity index (χ3v) is 3.58. The average Bonchev–Trinajstić information content (AvgIpc) is 2.28. The van der Waals surface area contributed by atoms with Gasteiger partial charge >= 0.3 is 0 Å². The van der Waals surface area contributed by atoms with Crippen LogP contribution in [-0.2, 0) is 4.74 Å². The van der Waals surface area contributed by atoms with E-state index in [4.69, 9.17) is 4.74 Å². The zero-order chi connectivity index (χ0) is 11.8. The van der Waals surface area contributed by atoms with Crippen LogP contribution in [0.15, 0.2) is 12.7 Å². The van der Waals surface area contributed by atoms with E-state index >= 15 is 0 Å². The van der Waals surface area contributed by atoms with E-state index in [-0.39, 0.29) is 0 Å². The number of nitrogens with one attached hydrogen (secondary N) is 1. The molecule has 0 amide bonds. The molecule has 3 unspecified atom stereocenters. The average molecular weight is 225 g/mol. The van der Waals surface area contributed by atoms with Crippen molar-refractivity contribution in [1.82, 2.24) is 5.32 Å². The molecule has 1 aliphatic rings. The molecule has 0 heterocycles. The minimum Gasteiger partial charge on any atom is -0.380 e. The van der Waals surface area contributed by atoms with Crippen molar-refractivity contribution >= 4 is 0 Å². The van der Waals surface area contributed by atoms with Gasteiger partial charge in [-0.3, -0.25) is 0 Å². The first kappa shape index (κ1) is 13.7. The lowest BCUT2D eigenvalue weighted by Gasteiger charge is -2.33. The second-order valence-corrected chi connectivity index (χ2v) is 5.15. The van der Waals surface area contributed by atoms with Gasteiger partial charge in [0.05, 0.1) is 13.2 Å². The molecule has 0 aromatic heterocycles. The maximum absolute atomic E-state index is 5.49. The number of ether oxygens (including phenoxy) is 1. The second kappa shape index (κ2) is 7.86. The van der Waals surface area contributed by atoms with Crippen LogP contribution in [-0.4, -0.2) is 25.8 Å². The fourth-order valence-electron chi connectivity index (χ4n) is 2.40. The topological polar surface area (TPSA) is 21.3 Å². The Morgan fingerprint density at radius 1 is 1.31 bits per heavy atom. The summed E-state index contributed by atoms with van der Waals surface area (Å²) in [5.74, 6) is 1.71. The van der Waals surface area contributed by atoms with Crippen molar-refractivity contribution in [2.45, 2.75) is 45.6 Å². The largest absolute Gasteiger partial charge is 0.380 e. The second-order valence-electron chi connectivity index (χ2n) is 5.15. The van der Waals surface area contributed by atoms with Crippen molar-refractivity contribution in [2.24, 2.45) is 11.8 Å². The van der Waals surface area contributed by atoms with Crippen LogP contribution in [0.3, 0.4) is 0 Å². The SMILES string of the molecule is C=CCCOCCNC1CC(C)CCC1C. The smallest absolute Gasteiger partial charge is 0.0591 e. The molecule has 0 saturated heterocycles. The van der Waals surface area contributed by atoms with Gasteiger partial charge in [0.2, 0.25) is 0 Å². The summed E-state index contributed by atoms with van der Waals surface area (Å²) in [4.78, 5) is 0. The molecular formula is C14H27NO. The highest BCUT2D eigenvalue weighted by atomic mass is 16.5. The van der Waals surface area contributed by atoms with Gasteiger partial charge in [0.1, 0.15) is 0 Å². The van der Waals surface area contributed by atoms with Crippen LogP contribution >= 0.6 is 0 Å². The number of rotatable bonds is 7. The Morgan fingerprint density at radius 2 is 2.12 bits per heavy atom. The molecule has 0 aromatic rings. The van der Waals surface area contributed by atoms with Crippen molar-refractivity contribution in [3.63, 3.8) is 0 Å². The zero-order valence-electron chi connectivity index (χ0n) is 10.9. The van der Waals surface area contributed by atoms with Crippen molar-refractivity contribution in [3.8, 4) is 0 Å². The van der Waals surface area contributed by atoms with Crippen LogP contribution < -0.4 is 5.32 Å². The lowest BCUT2D eigenvalue weighted by Crippen LogP contribution is -2.41. The molecule has 16 heavy (non-hydrogen) atoms. The summed E-state index contributed by atoms with van der Waals surface area (Å²) in [6.07, 6.45) is 6.95. The first-order valence-corrected chi connectivity index (χ1v) is 6.66. The molecular weight excluding hydrogens is 198 g/mol. The van der Waals surface area contributed by atoms with Crippen molar-refractivity contribution in [3.05, 3.63) is 12.7 Å². The predicted octanol–water partition coefficient (Wildman–Crippen LogP) is 2.99. The Balaban J connectivity index is 2.04. The van der Waals surface area contributed by atoms with E-state index < -0.39 is 0 Å². The Hall–Kier alpha value is -0.340. The highest BCUT2D eigenvalue weighted by Crippen LogP contribution is 2.28. The molecule has 0 radical (unpaired) electrons. The van der Waals surface area contributed by atoms with E-state index in [1.54, 1.807) is 0 Å². The Morgan fingerprint density at radius 3 is 2.88 bits per heavy atom. The first-order chi connectivity index (χ1) is 7.74. The van der Waals surface area contributed by atoms with E-state index in [0.29, 0.717) is 6.04 Å². The molecule has 0 aliphatic heterocycles. The summed E-state index contributed by atoms with van der Waals surface area (Å²) in [5, 5.41) is 3.63. The maximum Gasteiger partial charge on any atom is 0.0591 e. The van der Waals surface area contributed by atoms with Gasteiger partial charge in [-0.2, -0.15) is 0 Å². The van der Waals surface area contributed by atoms with Gasteiger partial charge in [-0.05, 0) is 31.1 Å². The number of hydrogen-bond acceptors (Lipinski definition) is 2. The highest BCUT2D eigenvalue weighted by molar-refractivity contribution is 4.81. The molecule has 1 fully saturated rings. The van der Waals surface area contributed by atoms with Gasteiger partial charge in [0.25, 0.3) is 0 Å². The van der Waals surface area contributed by atoms with Crippen molar-refractivity contribution < 1.29 is 4.74 Å². The predicted molar refractivity (Wildman–Crippen MR) is 69.6 cm³/mol. The van der Waals surface area contributed by atoms with Gasteiger partial charge in [-0.15, -0.1) is 6.58 Å². The zero-order valence-corrected chi connectivity index (χ0v) is 10.9. The standard InChI is InChI=1S/C14H27NO/c1-4-5-9-16-10-8-15-14-11-12(2)6-7-13(14)3/h4,12-15H,1,5-11H2,2-3H3. The lowest BCUT2D eigenvalue weighted by molar-refractivity contribution is 0.130. The molecule has 1 rings (SSSR count). The molecule has 0 bridgehead atoms. The molecule has 2 nitrogen and oxygen atoms in total. The van der Waals surface area contributed by atoms with Crippen LogP contribution in [0.25, 0.3) is 0 Å². The van der Waals surface area contributed by atoms with E-state index in [1.807, 2.05) is 6.08 Å². The van der Waals surface area contributed by atoms with Crippen LogP contribution in [0.4, 0.5) is 0 Å². The quantitative estimate of drug-likeness (QED) is 0.531. The van der Waals surface area contributed by atoms with Gasteiger partial charge in [0, 0.05) is 12.6 Å². The fraction of sp³-hybridized carbons (Fsp3) is 0.857. The molecule has 1 N–H and O–H groups in total. The molecule has 0 spiro atoms. The van der Waals surface area contributed by atoms with Gasteiger partial charge < -0.3 is 10.1 Å². The fourth-order valence-corrected chi connectivity index (χ4v) is 2.40. The Bertz CT molecular complexity index is 193. The van der Waals surface area contributed by atoms with Gasteiger partial charge in [0.15, 0.2) is 0 Å². The summed E-state index contributed by atoms with van der Waals surface area (Å²) in [7, 11) is 0. The Labute approximate surface area is 100 Å². The summed E-state index contributed by atoms with van der Waals surface area (Å²) in [6.45, 7) is 11.0. The van der Waals surface area contributed by atoms with E-state index in [0.717, 1.165) is 38.0 Å². The van der Waals surface area contributed by atoms with Gasteiger partial charge in [-0.1, -0.05) is 26.3 Å². The summed E-state index contributed by atoms with van der Waals surface area (Å²) in [5.41, 5.74) is 0. The van der Waals surface area contributed by atoms with E-state index in [9.17, 15) is 0 Å². The number of hydrogen-bond donors (Lipinski definition) is 1. The lowest BCUT2D eigenvalue weighted by atomic mass is 9.80. The minimum atomic E-state index is 0.701. The van der Waals surface area contributed by atoms with Crippen molar-refractivity contribution in [2.75, 3.05) is 19.8 Å².